The van der Waals surface area contributed by atoms with E-state index in [1.54, 1.807) is 12.1 Å². The number of aromatic hydroxyl groups is 4. The molecule has 0 heterocycles. The summed E-state index contributed by atoms with van der Waals surface area (Å²) in [4.78, 5) is 0. The third-order valence-electron chi connectivity index (χ3n) is 3.06. The molecule has 4 N–H and O–H groups in total. The Labute approximate surface area is 102 Å². The van der Waals surface area contributed by atoms with E-state index in [0.29, 0.717) is 21.5 Å². The van der Waals surface area contributed by atoms with Gasteiger partial charge in [0.05, 0.1) is 0 Å². The van der Waals surface area contributed by atoms with Crippen molar-refractivity contribution in [2.75, 3.05) is 0 Å². The summed E-state index contributed by atoms with van der Waals surface area (Å²) < 4.78 is 0. The number of rotatable bonds is 0. The van der Waals surface area contributed by atoms with Gasteiger partial charge in [0.15, 0.2) is 11.5 Å². The van der Waals surface area contributed by atoms with E-state index in [4.69, 9.17) is 0 Å². The quantitative estimate of drug-likeness (QED) is 0.277. The van der Waals surface area contributed by atoms with Gasteiger partial charge in [-0.15, -0.1) is 0 Å². The van der Waals surface area contributed by atoms with E-state index in [-0.39, 0.29) is 23.0 Å². The van der Waals surface area contributed by atoms with Gasteiger partial charge in [-0.1, -0.05) is 6.07 Å². The highest BCUT2D eigenvalue weighted by Gasteiger charge is 2.10. The molecular formula is C14H10O4. The first-order valence-electron chi connectivity index (χ1n) is 5.37. The zero-order valence-electron chi connectivity index (χ0n) is 9.25. The third kappa shape index (κ3) is 1.32. The molecule has 4 heteroatoms. The molecule has 3 aromatic carbocycles. The minimum absolute atomic E-state index is 0.00689. The predicted molar refractivity (Wildman–Crippen MR) is 68.1 cm³/mol. The molecule has 0 spiro atoms. The van der Waals surface area contributed by atoms with Crippen molar-refractivity contribution in [1.29, 1.82) is 0 Å². The maximum atomic E-state index is 9.78. The Morgan fingerprint density at radius 3 is 1.78 bits per heavy atom. The molecule has 0 bridgehead atoms. The number of hydrogen-bond donors (Lipinski definition) is 4. The minimum Gasteiger partial charge on any atom is -0.507 e. The van der Waals surface area contributed by atoms with Crippen LogP contribution in [0.3, 0.4) is 0 Å². The first-order valence-corrected chi connectivity index (χ1v) is 5.37. The number of phenolic OH excluding ortho intramolecular Hbond substituents is 4. The Morgan fingerprint density at radius 1 is 0.556 bits per heavy atom. The van der Waals surface area contributed by atoms with Crippen molar-refractivity contribution in [2.45, 2.75) is 0 Å². The molecule has 0 aliphatic carbocycles. The molecule has 0 saturated heterocycles. The molecular weight excluding hydrogens is 232 g/mol. The Morgan fingerprint density at radius 2 is 1.11 bits per heavy atom. The van der Waals surface area contributed by atoms with E-state index in [0.717, 1.165) is 0 Å². The maximum Gasteiger partial charge on any atom is 0.165 e. The van der Waals surface area contributed by atoms with E-state index in [9.17, 15) is 20.4 Å². The maximum absolute atomic E-state index is 9.78. The highest BCUT2D eigenvalue weighted by molar-refractivity contribution is 6.05. The van der Waals surface area contributed by atoms with Gasteiger partial charge in [-0.05, 0) is 35.7 Å². The standard InChI is InChI=1S/C14H10O4/c15-11-3-4-12(16)10-6-8-7(5-9(10)11)1-2-13(17)14(8)18/h1-6,15-18H. The Hall–Kier alpha value is -2.62. The fraction of sp³-hybridized carbons (Fsp3) is 0. The molecule has 0 unspecified atom stereocenters. The number of hydrogen-bond acceptors (Lipinski definition) is 4. The van der Waals surface area contributed by atoms with Crippen molar-refractivity contribution in [3.05, 3.63) is 36.4 Å². The lowest BCUT2D eigenvalue weighted by molar-refractivity contribution is 0.408. The van der Waals surface area contributed by atoms with Crippen LogP contribution in [0.2, 0.25) is 0 Å². The van der Waals surface area contributed by atoms with Crippen LogP contribution in [0.5, 0.6) is 23.0 Å². The molecule has 0 aliphatic heterocycles. The summed E-state index contributed by atoms with van der Waals surface area (Å²) in [6, 6.07) is 8.98. The van der Waals surface area contributed by atoms with E-state index in [1.807, 2.05) is 0 Å². The Bertz CT molecular complexity index is 777. The molecule has 0 aliphatic rings. The summed E-state index contributed by atoms with van der Waals surface area (Å²) >= 11 is 0. The van der Waals surface area contributed by atoms with E-state index >= 15 is 0 Å². The van der Waals surface area contributed by atoms with Gasteiger partial charge >= 0.3 is 0 Å². The van der Waals surface area contributed by atoms with Gasteiger partial charge in [-0.3, -0.25) is 0 Å². The summed E-state index contributed by atoms with van der Waals surface area (Å²) in [6.45, 7) is 0. The van der Waals surface area contributed by atoms with Gasteiger partial charge in [-0.25, -0.2) is 0 Å². The zero-order valence-corrected chi connectivity index (χ0v) is 9.25. The first-order chi connectivity index (χ1) is 8.58. The fourth-order valence-electron chi connectivity index (χ4n) is 2.11. The van der Waals surface area contributed by atoms with Gasteiger partial charge in [0.25, 0.3) is 0 Å². The predicted octanol–water partition coefficient (Wildman–Crippen LogP) is 2.82. The number of fused-ring (bicyclic) bond motifs is 2. The Kier molecular flexibility index (Phi) is 2.01. The highest BCUT2D eigenvalue weighted by atomic mass is 16.3. The molecule has 18 heavy (non-hydrogen) atoms. The molecule has 0 amide bonds. The monoisotopic (exact) mass is 242 g/mol. The molecule has 90 valence electrons. The highest BCUT2D eigenvalue weighted by Crippen LogP contribution is 2.40. The molecule has 0 radical (unpaired) electrons. The van der Waals surface area contributed by atoms with Crippen LogP contribution >= 0.6 is 0 Å². The van der Waals surface area contributed by atoms with Crippen molar-refractivity contribution in [3.8, 4) is 23.0 Å². The second kappa shape index (κ2) is 3.43. The van der Waals surface area contributed by atoms with Gasteiger partial charge in [0, 0.05) is 16.2 Å². The Balaban J connectivity index is 2.55. The molecule has 3 rings (SSSR count). The van der Waals surface area contributed by atoms with Crippen LogP contribution < -0.4 is 0 Å². The summed E-state index contributed by atoms with van der Waals surface area (Å²) in [6.07, 6.45) is 0. The topological polar surface area (TPSA) is 80.9 Å². The average molecular weight is 242 g/mol. The number of phenols is 4. The molecule has 4 nitrogen and oxygen atoms in total. The summed E-state index contributed by atoms with van der Waals surface area (Å²) in [5.74, 6) is -0.400. The minimum atomic E-state index is -0.239. The molecule has 3 aromatic rings. The van der Waals surface area contributed by atoms with Crippen molar-refractivity contribution < 1.29 is 20.4 Å². The van der Waals surface area contributed by atoms with Crippen LogP contribution in [0, 0.1) is 0 Å². The fourth-order valence-corrected chi connectivity index (χ4v) is 2.11. The second-order valence-electron chi connectivity index (χ2n) is 4.16. The SMILES string of the molecule is Oc1ccc2cc3c(O)ccc(O)c3cc2c1O. The number of benzene rings is 3. The van der Waals surface area contributed by atoms with E-state index in [1.165, 1.54) is 24.3 Å². The van der Waals surface area contributed by atoms with Crippen molar-refractivity contribution >= 4 is 21.5 Å². The van der Waals surface area contributed by atoms with Gasteiger partial charge in [0.2, 0.25) is 0 Å². The van der Waals surface area contributed by atoms with E-state index in [2.05, 4.69) is 0 Å². The van der Waals surface area contributed by atoms with Crippen LogP contribution in [-0.4, -0.2) is 20.4 Å². The average Bonchev–Trinajstić information content (AvgIpc) is 2.37. The van der Waals surface area contributed by atoms with Crippen molar-refractivity contribution in [2.24, 2.45) is 0 Å². The smallest absolute Gasteiger partial charge is 0.165 e. The summed E-state index contributed by atoms with van der Waals surface area (Å²) in [5.41, 5.74) is 0. The summed E-state index contributed by atoms with van der Waals surface area (Å²) in [7, 11) is 0. The second-order valence-corrected chi connectivity index (χ2v) is 4.16. The summed E-state index contributed by atoms with van der Waals surface area (Å²) in [5, 5.41) is 40.7. The van der Waals surface area contributed by atoms with Crippen LogP contribution in [-0.2, 0) is 0 Å². The van der Waals surface area contributed by atoms with Gasteiger partial charge in [0.1, 0.15) is 11.5 Å². The van der Waals surface area contributed by atoms with Crippen LogP contribution in [0.15, 0.2) is 36.4 Å². The molecule has 0 fully saturated rings. The zero-order chi connectivity index (χ0) is 12.9. The largest absolute Gasteiger partial charge is 0.507 e. The van der Waals surface area contributed by atoms with Crippen LogP contribution in [0.4, 0.5) is 0 Å². The molecule has 0 aromatic heterocycles. The normalized spacial score (nSPS) is 11.1. The van der Waals surface area contributed by atoms with Crippen molar-refractivity contribution in [3.63, 3.8) is 0 Å². The lowest BCUT2D eigenvalue weighted by atomic mass is 10.0. The van der Waals surface area contributed by atoms with Crippen LogP contribution in [0.1, 0.15) is 0 Å². The van der Waals surface area contributed by atoms with Crippen LogP contribution in [0.25, 0.3) is 21.5 Å². The molecule has 0 atom stereocenters. The first kappa shape index (κ1) is 10.5. The van der Waals surface area contributed by atoms with Gasteiger partial charge in [-0.2, -0.15) is 0 Å². The van der Waals surface area contributed by atoms with Gasteiger partial charge < -0.3 is 20.4 Å². The van der Waals surface area contributed by atoms with E-state index < -0.39 is 0 Å². The third-order valence-corrected chi connectivity index (χ3v) is 3.06. The van der Waals surface area contributed by atoms with Crippen molar-refractivity contribution in [1.82, 2.24) is 0 Å². The lowest BCUT2D eigenvalue weighted by Gasteiger charge is -2.08. The molecule has 0 saturated carbocycles. The lowest BCUT2D eigenvalue weighted by Crippen LogP contribution is -1.80.